The third-order valence-electron chi connectivity index (χ3n) is 7.32. The van der Waals surface area contributed by atoms with E-state index in [-0.39, 0.29) is 17.7 Å². The molecule has 2 amide bonds. The van der Waals surface area contributed by atoms with Crippen LogP contribution in [0.1, 0.15) is 52.3 Å². The molecule has 1 atom stereocenters. The summed E-state index contributed by atoms with van der Waals surface area (Å²) >= 11 is 1.49. The number of benzene rings is 3. The number of hydrogen-bond acceptors (Lipinski definition) is 5. The molecule has 39 heavy (non-hydrogen) atoms. The number of rotatable bonds is 8. The Bertz CT molecular complexity index is 1410. The van der Waals surface area contributed by atoms with Crippen molar-refractivity contribution in [2.24, 2.45) is 0 Å². The van der Waals surface area contributed by atoms with Gasteiger partial charge in [0.05, 0.1) is 5.01 Å². The predicted octanol–water partition coefficient (Wildman–Crippen LogP) is 5.93. The molecule has 2 N–H and O–H groups in total. The van der Waals surface area contributed by atoms with Gasteiger partial charge in [0.25, 0.3) is 11.8 Å². The Kier molecular flexibility index (Phi) is 8.49. The van der Waals surface area contributed by atoms with Crippen LogP contribution >= 0.6 is 11.3 Å². The quantitative estimate of drug-likeness (QED) is 0.291. The Morgan fingerprint density at radius 2 is 1.67 bits per heavy atom. The van der Waals surface area contributed by atoms with Crippen LogP contribution in [0.3, 0.4) is 0 Å². The number of likely N-dealkylation sites (tertiary alicyclic amines) is 1. The van der Waals surface area contributed by atoms with E-state index in [1.54, 1.807) is 4.90 Å². The van der Waals surface area contributed by atoms with Crippen LogP contribution in [0, 0.1) is 0 Å². The lowest BCUT2D eigenvalue weighted by molar-refractivity contribution is -0.141. The van der Waals surface area contributed by atoms with E-state index >= 15 is 0 Å². The molecule has 1 fully saturated rings. The van der Waals surface area contributed by atoms with Crippen molar-refractivity contribution in [2.45, 2.75) is 44.6 Å². The zero-order valence-corrected chi connectivity index (χ0v) is 22.9. The van der Waals surface area contributed by atoms with Gasteiger partial charge in [0.15, 0.2) is 0 Å². The molecule has 3 aromatic carbocycles. The minimum atomic E-state index is -1.04. The fourth-order valence-corrected chi connectivity index (χ4v) is 5.98. The molecule has 4 aromatic rings. The number of amides is 2. The monoisotopic (exact) mass is 539 g/mol. The maximum atomic E-state index is 13.1. The molecule has 6 nitrogen and oxygen atoms in total. The van der Waals surface area contributed by atoms with Crippen molar-refractivity contribution >= 4 is 28.8 Å². The van der Waals surface area contributed by atoms with Crippen LogP contribution in [-0.4, -0.2) is 46.0 Å². The summed E-state index contributed by atoms with van der Waals surface area (Å²) in [4.78, 5) is 32.3. The highest BCUT2D eigenvalue weighted by atomic mass is 32.1. The number of aliphatic hydroxyl groups is 1. The van der Waals surface area contributed by atoms with Crippen LogP contribution in [0.25, 0.3) is 11.1 Å². The number of thiazole rings is 1. The van der Waals surface area contributed by atoms with E-state index in [1.807, 2.05) is 60.0 Å². The standard InChI is InChI=1S/C32H33N3O3S/c1-2-22-12-14-24(15-13-22)26-10-6-7-11-27(26)33-30(37)28-21-39-31(34-28)25-16-18-35(19-17-25)32(38)29(36)20-23-8-4-3-5-9-23/h3-15,21,25,29,36H,2,16-20H2,1H3,(H,33,37)/t29-/m1/s1. The van der Waals surface area contributed by atoms with Gasteiger partial charge in [-0.05, 0) is 42.0 Å². The second kappa shape index (κ2) is 12.4. The normalized spacial score (nSPS) is 14.7. The summed E-state index contributed by atoms with van der Waals surface area (Å²) in [7, 11) is 0. The van der Waals surface area contributed by atoms with E-state index in [4.69, 9.17) is 0 Å². The summed E-state index contributed by atoms with van der Waals surface area (Å²) < 4.78 is 0. The number of nitrogens with one attached hydrogen (secondary N) is 1. The summed E-state index contributed by atoms with van der Waals surface area (Å²) in [6, 6.07) is 25.8. The van der Waals surface area contributed by atoms with Crippen molar-refractivity contribution < 1.29 is 14.7 Å². The van der Waals surface area contributed by atoms with Crippen LogP contribution in [0.2, 0.25) is 0 Å². The van der Waals surface area contributed by atoms with E-state index in [2.05, 4.69) is 41.5 Å². The molecule has 7 heteroatoms. The van der Waals surface area contributed by atoms with Gasteiger partial charge in [-0.2, -0.15) is 0 Å². The Labute approximate surface area is 233 Å². The number of para-hydroxylation sites is 1. The zero-order valence-electron chi connectivity index (χ0n) is 22.0. The fourth-order valence-electron chi connectivity index (χ4n) is 5.01. The van der Waals surface area contributed by atoms with Gasteiger partial charge in [0.1, 0.15) is 11.8 Å². The molecular weight excluding hydrogens is 506 g/mol. The van der Waals surface area contributed by atoms with Crippen molar-refractivity contribution in [1.29, 1.82) is 0 Å². The number of carbonyl (C=O) groups is 2. The molecule has 0 aliphatic carbocycles. The number of aromatic nitrogens is 1. The lowest BCUT2D eigenvalue weighted by atomic mass is 9.96. The van der Waals surface area contributed by atoms with Gasteiger partial charge in [-0.1, -0.05) is 79.7 Å². The van der Waals surface area contributed by atoms with Gasteiger partial charge in [-0.25, -0.2) is 4.98 Å². The van der Waals surface area contributed by atoms with Crippen LogP contribution in [0.5, 0.6) is 0 Å². The van der Waals surface area contributed by atoms with Crippen molar-refractivity contribution in [3.63, 3.8) is 0 Å². The van der Waals surface area contributed by atoms with Crippen LogP contribution in [0.15, 0.2) is 84.2 Å². The highest BCUT2D eigenvalue weighted by Crippen LogP contribution is 2.32. The summed E-state index contributed by atoms with van der Waals surface area (Å²) in [6.07, 6.45) is 1.78. The maximum Gasteiger partial charge on any atom is 0.275 e. The van der Waals surface area contributed by atoms with Gasteiger partial charge >= 0.3 is 0 Å². The van der Waals surface area contributed by atoms with E-state index < -0.39 is 6.10 Å². The molecule has 1 saturated heterocycles. The number of carbonyl (C=O) groups excluding carboxylic acids is 2. The third-order valence-corrected chi connectivity index (χ3v) is 8.32. The van der Waals surface area contributed by atoms with Gasteiger partial charge < -0.3 is 15.3 Å². The molecule has 0 radical (unpaired) electrons. The van der Waals surface area contributed by atoms with Crippen LogP contribution in [0.4, 0.5) is 5.69 Å². The highest BCUT2D eigenvalue weighted by Gasteiger charge is 2.29. The predicted molar refractivity (Wildman–Crippen MR) is 156 cm³/mol. The highest BCUT2D eigenvalue weighted by molar-refractivity contribution is 7.10. The topological polar surface area (TPSA) is 82.5 Å². The second-order valence-electron chi connectivity index (χ2n) is 9.93. The molecule has 0 bridgehead atoms. The van der Waals surface area contributed by atoms with Gasteiger partial charge in [-0.3, -0.25) is 9.59 Å². The van der Waals surface area contributed by atoms with Crippen molar-refractivity contribution in [2.75, 3.05) is 18.4 Å². The molecule has 0 unspecified atom stereocenters. The van der Waals surface area contributed by atoms with E-state index in [1.165, 1.54) is 16.9 Å². The van der Waals surface area contributed by atoms with E-state index in [0.717, 1.165) is 46.6 Å². The molecule has 1 aromatic heterocycles. The number of aryl methyl sites for hydroxylation is 1. The third kappa shape index (κ3) is 6.44. The molecule has 1 aliphatic rings. The van der Waals surface area contributed by atoms with Gasteiger partial charge in [0, 0.05) is 42.1 Å². The molecule has 2 heterocycles. The molecule has 0 spiro atoms. The number of aliphatic hydroxyl groups excluding tert-OH is 1. The lowest BCUT2D eigenvalue weighted by Gasteiger charge is -2.32. The molecular formula is C32H33N3O3S. The van der Waals surface area contributed by atoms with Gasteiger partial charge in [0.2, 0.25) is 0 Å². The second-order valence-corrected chi connectivity index (χ2v) is 10.8. The lowest BCUT2D eigenvalue weighted by Crippen LogP contribution is -2.44. The van der Waals surface area contributed by atoms with E-state index in [0.29, 0.717) is 25.2 Å². The van der Waals surface area contributed by atoms with Crippen LogP contribution < -0.4 is 5.32 Å². The Morgan fingerprint density at radius 3 is 2.38 bits per heavy atom. The Balaban J connectivity index is 1.18. The summed E-state index contributed by atoms with van der Waals surface area (Å²) in [6.45, 7) is 3.27. The molecule has 5 rings (SSSR count). The fraction of sp³-hybridized carbons (Fsp3) is 0.281. The minimum Gasteiger partial charge on any atom is -0.383 e. The van der Waals surface area contributed by atoms with Crippen molar-refractivity contribution in [1.82, 2.24) is 9.88 Å². The van der Waals surface area contributed by atoms with Crippen molar-refractivity contribution in [3.8, 4) is 11.1 Å². The molecule has 200 valence electrons. The first-order valence-electron chi connectivity index (χ1n) is 13.5. The average molecular weight is 540 g/mol. The largest absolute Gasteiger partial charge is 0.383 e. The number of nitrogens with zero attached hydrogens (tertiary/aromatic N) is 2. The first-order valence-corrected chi connectivity index (χ1v) is 14.4. The van der Waals surface area contributed by atoms with Crippen molar-refractivity contribution in [3.05, 3.63) is 106 Å². The minimum absolute atomic E-state index is 0.191. The zero-order chi connectivity index (χ0) is 27.2. The summed E-state index contributed by atoms with van der Waals surface area (Å²) in [5.74, 6) is -0.262. The van der Waals surface area contributed by atoms with Crippen LogP contribution in [-0.2, 0) is 17.6 Å². The Hall–Kier alpha value is -3.81. The number of anilines is 1. The number of hydrogen-bond donors (Lipinski definition) is 2. The first kappa shape index (κ1) is 26.8. The number of piperidine rings is 1. The first-order chi connectivity index (χ1) is 19.0. The molecule has 1 aliphatic heterocycles. The summed E-state index contributed by atoms with van der Waals surface area (Å²) in [5.41, 5.74) is 5.39. The Morgan fingerprint density at radius 1 is 0.974 bits per heavy atom. The SMILES string of the molecule is CCc1ccc(-c2ccccc2NC(=O)c2csc(C3CCN(C(=O)[C@H](O)Cc4ccccc4)CC3)n2)cc1. The summed E-state index contributed by atoms with van der Waals surface area (Å²) in [5, 5.41) is 16.2. The van der Waals surface area contributed by atoms with E-state index in [9.17, 15) is 14.7 Å². The smallest absolute Gasteiger partial charge is 0.275 e. The maximum absolute atomic E-state index is 13.1. The molecule has 0 saturated carbocycles. The van der Waals surface area contributed by atoms with Gasteiger partial charge in [-0.15, -0.1) is 11.3 Å². The average Bonchev–Trinajstić information content (AvgIpc) is 3.48.